The predicted octanol–water partition coefficient (Wildman–Crippen LogP) is 1.62. The number of aromatic nitrogens is 2. The van der Waals surface area contributed by atoms with E-state index in [1.54, 1.807) is 6.07 Å². The van der Waals surface area contributed by atoms with Gasteiger partial charge in [-0.1, -0.05) is 0 Å². The fourth-order valence-corrected chi connectivity index (χ4v) is 4.45. The lowest BCUT2D eigenvalue weighted by atomic mass is 10.2. The summed E-state index contributed by atoms with van der Waals surface area (Å²) < 4.78 is 45.4. The fourth-order valence-electron chi connectivity index (χ4n) is 2.96. The van der Waals surface area contributed by atoms with Crippen LogP contribution in [0.25, 0.3) is 10.9 Å². The van der Waals surface area contributed by atoms with Crippen LogP contribution in [0.3, 0.4) is 0 Å². The lowest BCUT2D eigenvalue weighted by molar-refractivity contribution is -0.0440. The molecule has 2 aromatic rings. The molecule has 0 radical (unpaired) electrons. The average Bonchev–Trinajstić information content (AvgIpc) is 2.53. The first-order valence-corrected chi connectivity index (χ1v) is 9.73. The smallest absolute Gasteiger partial charge is 0.216 e. The second-order valence-electron chi connectivity index (χ2n) is 6.20. The molecule has 2 atom stereocenters. The molecule has 136 valence electrons. The number of hydrogen-bond acceptors (Lipinski definition) is 6. The van der Waals surface area contributed by atoms with Crippen LogP contribution in [-0.4, -0.2) is 60.3 Å². The molecule has 1 aliphatic rings. The maximum absolute atomic E-state index is 13.3. The van der Waals surface area contributed by atoms with E-state index in [-0.39, 0.29) is 30.3 Å². The standard InChI is InChI=1S/C16H21FN4O3S/c1-11-8-21(9-12(2)24-11)25(22,23)6-5-18-16-14-4-3-13(17)7-15(14)19-10-20-16/h3-4,7,10-12H,5-6,8-9H2,1-2H3,(H,18,19,20)/t11-,12-/m1/s1. The Kier molecular flexibility index (Phi) is 5.16. The molecular formula is C16H21FN4O3S. The van der Waals surface area contributed by atoms with Crippen molar-refractivity contribution >= 4 is 26.7 Å². The van der Waals surface area contributed by atoms with E-state index in [1.807, 2.05) is 13.8 Å². The zero-order valence-electron chi connectivity index (χ0n) is 14.1. The van der Waals surface area contributed by atoms with E-state index in [0.29, 0.717) is 29.8 Å². The average molecular weight is 368 g/mol. The maximum Gasteiger partial charge on any atom is 0.216 e. The molecule has 0 saturated carbocycles. The van der Waals surface area contributed by atoms with Gasteiger partial charge in [0.2, 0.25) is 10.0 Å². The van der Waals surface area contributed by atoms with Crippen molar-refractivity contribution in [3.8, 4) is 0 Å². The summed E-state index contributed by atoms with van der Waals surface area (Å²) >= 11 is 0. The SMILES string of the molecule is C[C@@H]1CN(S(=O)(=O)CCNc2ncnc3cc(F)ccc23)C[C@@H](C)O1. The Morgan fingerprint density at radius 3 is 2.72 bits per heavy atom. The number of nitrogens with one attached hydrogen (secondary N) is 1. The van der Waals surface area contributed by atoms with Crippen molar-refractivity contribution in [2.24, 2.45) is 0 Å². The minimum absolute atomic E-state index is 0.0564. The van der Waals surface area contributed by atoms with Gasteiger partial charge in [0.05, 0.1) is 23.5 Å². The molecule has 0 bridgehead atoms. The molecule has 1 aromatic heterocycles. The molecule has 9 heteroatoms. The molecule has 1 aliphatic heterocycles. The fraction of sp³-hybridized carbons (Fsp3) is 0.500. The Labute approximate surface area is 146 Å². The van der Waals surface area contributed by atoms with E-state index in [0.717, 1.165) is 0 Å². The molecule has 0 spiro atoms. The van der Waals surface area contributed by atoms with Gasteiger partial charge in [-0.25, -0.2) is 22.8 Å². The van der Waals surface area contributed by atoms with E-state index >= 15 is 0 Å². The Morgan fingerprint density at radius 2 is 2.00 bits per heavy atom. The van der Waals surface area contributed by atoms with E-state index in [2.05, 4.69) is 15.3 Å². The number of ether oxygens (including phenoxy) is 1. The highest BCUT2D eigenvalue weighted by Gasteiger charge is 2.30. The van der Waals surface area contributed by atoms with Crippen molar-refractivity contribution in [2.45, 2.75) is 26.1 Å². The number of fused-ring (bicyclic) bond motifs is 1. The van der Waals surface area contributed by atoms with Gasteiger partial charge in [-0.15, -0.1) is 0 Å². The molecule has 7 nitrogen and oxygen atoms in total. The quantitative estimate of drug-likeness (QED) is 0.863. The van der Waals surface area contributed by atoms with Gasteiger partial charge in [-0.2, -0.15) is 4.31 Å². The van der Waals surface area contributed by atoms with Gasteiger partial charge >= 0.3 is 0 Å². The summed E-state index contributed by atoms with van der Waals surface area (Å²) in [7, 11) is -3.39. The largest absolute Gasteiger partial charge is 0.373 e. The van der Waals surface area contributed by atoms with Crippen LogP contribution in [0, 0.1) is 5.82 Å². The number of sulfonamides is 1. The zero-order valence-corrected chi connectivity index (χ0v) is 15.0. The molecular weight excluding hydrogens is 347 g/mol. The molecule has 0 unspecified atom stereocenters. The minimum Gasteiger partial charge on any atom is -0.373 e. The number of morpholine rings is 1. The summed E-state index contributed by atoms with van der Waals surface area (Å²) in [5.74, 6) is 0.0540. The van der Waals surface area contributed by atoms with E-state index < -0.39 is 10.0 Å². The van der Waals surface area contributed by atoms with Gasteiger partial charge in [-0.05, 0) is 26.0 Å². The first kappa shape index (κ1) is 18.0. The Bertz CT molecular complexity index is 852. The van der Waals surface area contributed by atoms with Crippen LogP contribution in [0.5, 0.6) is 0 Å². The third-order valence-electron chi connectivity index (χ3n) is 4.03. The summed E-state index contributed by atoms with van der Waals surface area (Å²) in [5, 5.41) is 3.66. The van der Waals surface area contributed by atoms with Gasteiger partial charge in [0, 0.05) is 31.1 Å². The van der Waals surface area contributed by atoms with Crippen LogP contribution in [-0.2, 0) is 14.8 Å². The van der Waals surface area contributed by atoms with Gasteiger partial charge in [0.1, 0.15) is 18.0 Å². The molecule has 1 fully saturated rings. The Balaban J connectivity index is 1.66. The van der Waals surface area contributed by atoms with E-state index in [9.17, 15) is 12.8 Å². The highest BCUT2D eigenvalue weighted by Crippen LogP contribution is 2.20. The first-order valence-electron chi connectivity index (χ1n) is 8.12. The van der Waals surface area contributed by atoms with Crippen molar-refractivity contribution in [3.63, 3.8) is 0 Å². The van der Waals surface area contributed by atoms with Crippen LogP contribution < -0.4 is 5.32 Å². The summed E-state index contributed by atoms with van der Waals surface area (Å²) in [4.78, 5) is 8.14. The predicted molar refractivity (Wildman–Crippen MR) is 93.4 cm³/mol. The number of anilines is 1. The van der Waals surface area contributed by atoms with Gasteiger partial charge in [0.25, 0.3) is 0 Å². The minimum atomic E-state index is -3.39. The summed E-state index contributed by atoms with van der Waals surface area (Å²) in [6.07, 6.45) is 1.09. The summed E-state index contributed by atoms with van der Waals surface area (Å²) in [5.41, 5.74) is 0.469. The van der Waals surface area contributed by atoms with Crippen LogP contribution in [0.4, 0.5) is 10.2 Å². The van der Waals surface area contributed by atoms with Crippen molar-refractivity contribution in [1.82, 2.24) is 14.3 Å². The second kappa shape index (κ2) is 7.19. The monoisotopic (exact) mass is 368 g/mol. The Morgan fingerprint density at radius 1 is 1.28 bits per heavy atom. The molecule has 0 aliphatic carbocycles. The number of halogens is 1. The van der Waals surface area contributed by atoms with Crippen molar-refractivity contribution < 1.29 is 17.5 Å². The Hall–Kier alpha value is -1.84. The lowest BCUT2D eigenvalue weighted by Gasteiger charge is -2.34. The van der Waals surface area contributed by atoms with Crippen molar-refractivity contribution in [1.29, 1.82) is 0 Å². The highest BCUT2D eigenvalue weighted by atomic mass is 32.2. The van der Waals surface area contributed by atoms with Crippen LogP contribution in [0.1, 0.15) is 13.8 Å². The highest BCUT2D eigenvalue weighted by molar-refractivity contribution is 7.89. The summed E-state index contributed by atoms with van der Waals surface area (Å²) in [6.45, 7) is 4.65. The van der Waals surface area contributed by atoms with Gasteiger partial charge < -0.3 is 10.1 Å². The van der Waals surface area contributed by atoms with Crippen LogP contribution in [0.15, 0.2) is 24.5 Å². The molecule has 1 saturated heterocycles. The number of benzene rings is 1. The normalized spacial score (nSPS) is 22.2. The van der Waals surface area contributed by atoms with Crippen molar-refractivity contribution in [3.05, 3.63) is 30.3 Å². The molecule has 2 heterocycles. The molecule has 3 rings (SSSR count). The molecule has 0 amide bonds. The number of nitrogens with zero attached hydrogens (tertiary/aromatic N) is 3. The van der Waals surface area contributed by atoms with Crippen molar-refractivity contribution in [2.75, 3.05) is 30.7 Å². The number of hydrogen-bond donors (Lipinski definition) is 1. The lowest BCUT2D eigenvalue weighted by Crippen LogP contribution is -2.49. The van der Waals surface area contributed by atoms with Gasteiger partial charge in [0.15, 0.2) is 0 Å². The molecule has 1 aromatic carbocycles. The van der Waals surface area contributed by atoms with Crippen LogP contribution >= 0.6 is 0 Å². The molecule has 25 heavy (non-hydrogen) atoms. The maximum atomic E-state index is 13.3. The number of rotatable bonds is 5. The third-order valence-corrected chi connectivity index (χ3v) is 5.84. The molecule has 1 N–H and O–H groups in total. The van der Waals surface area contributed by atoms with Gasteiger partial charge in [-0.3, -0.25) is 0 Å². The topological polar surface area (TPSA) is 84.4 Å². The first-order chi connectivity index (χ1) is 11.8. The summed E-state index contributed by atoms with van der Waals surface area (Å²) in [6, 6.07) is 4.21. The van der Waals surface area contributed by atoms with E-state index in [1.165, 1.54) is 22.8 Å². The second-order valence-corrected chi connectivity index (χ2v) is 8.29. The zero-order chi connectivity index (χ0) is 18.0. The third kappa shape index (κ3) is 4.23. The van der Waals surface area contributed by atoms with Crippen LogP contribution in [0.2, 0.25) is 0 Å². The van der Waals surface area contributed by atoms with E-state index in [4.69, 9.17) is 4.74 Å².